The SMILES string of the molecule is COC(=O)CN(CP(=O)(OC)OC)CP(=O)(OC)OC. The molecule has 11 heteroatoms. The van der Waals surface area contributed by atoms with Crippen molar-refractivity contribution in [2.24, 2.45) is 0 Å². The van der Waals surface area contributed by atoms with Gasteiger partial charge in [-0.1, -0.05) is 0 Å². The first-order valence-corrected chi connectivity index (χ1v) is 8.94. The molecule has 0 bridgehead atoms. The summed E-state index contributed by atoms with van der Waals surface area (Å²) in [6.45, 7) is -0.260. The van der Waals surface area contributed by atoms with Gasteiger partial charge in [0.15, 0.2) is 0 Å². The zero-order chi connectivity index (χ0) is 15.8. The van der Waals surface area contributed by atoms with Crippen LogP contribution in [-0.2, 0) is 36.8 Å². The average molecular weight is 333 g/mol. The van der Waals surface area contributed by atoms with E-state index in [1.165, 1.54) is 40.4 Å². The summed E-state index contributed by atoms with van der Waals surface area (Å²) in [5, 5.41) is 0. The Bertz CT molecular complexity index is 357. The Hall–Kier alpha value is -0.270. The summed E-state index contributed by atoms with van der Waals surface area (Å²) in [5.41, 5.74) is 0. The fourth-order valence-electron chi connectivity index (χ4n) is 1.26. The quantitative estimate of drug-likeness (QED) is 0.433. The molecule has 9 nitrogen and oxygen atoms in total. The molecule has 0 atom stereocenters. The van der Waals surface area contributed by atoms with Gasteiger partial charge in [-0.25, -0.2) is 0 Å². The van der Waals surface area contributed by atoms with Crippen molar-refractivity contribution >= 4 is 21.2 Å². The van der Waals surface area contributed by atoms with Gasteiger partial charge >= 0.3 is 21.2 Å². The second-order valence-electron chi connectivity index (χ2n) is 3.64. The molecule has 20 heavy (non-hydrogen) atoms. The number of hydrogen-bond acceptors (Lipinski definition) is 9. The minimum atomic E-state index is -3.43. The van der Waals surface area contributed by atoms with E-state index in [0.717, 1.165) is 0 Å². The molecule has 0 aliphatic carbocycles. The maximum absolute atomic E-state index is 12.1. The summed E-state index contributed by atoms with van der Waals surface area (Å²) in [4.78, 5) is 12.6. The lowest BCUT2D eigenvalue weighted by molar-refractivity contribution is -0.141. The number of esters is 1. The van der Waals surface area contributed by atoms with Crippen molar-refractivity contribution in [3.63, 3.8) is 0 Å². The summed E-state index contributed by atoms with van der Waals surface area (Å²) in [6.07, 6.45) is -0.516. The van der Waals surface area contributed by atoms with Crippen molar-refractivity contribution in [3.8, 4) is 0 Å². The molecule has 0 aromatic heterocycles. The lowest BCUT2D eigenvalue weighted by atomic mass is 10.6. The number of ether oxygens (including phenoxy) is 1. The van der Waals surface area contributed by atoms with Crippen LogP contribution in [0.1, 0.15) is 0 Å². The highest BCUT2D eigenvalue weighted by molar-refractivity contribution is 7.54. The van der Waals surface area contributed by atoms with E-state index in [1.54, 1.807) is 0 Å². The van der Waals surface area contributed by atoms with E-state index in [1.807, 2.05) is 0 Å². The summed E-state index contributed by atoms with van der Waals surface area (Å²) >= 11 is 0. The lowest BCUT2D eigenvalue weighted by Gasteiger charge is -2.26. The molecule has 0 saturated heterocycles. The topological polar surface area (TPSA) is 101 Å². The third kappa shape index (κ3) is 6.45. The standard InChI is InChI=1S/C9H21NO8P2/c1-14-9(11)6-10(7-19(12,15-2)16-3)8-20(13,17-4)18-5/h6-8H2,1-5H3. The molecule has 0 radical (unpaired) electrons. The Morgan fingerprint density at radius 3 is 1.45 bits per heavy atom. The van der Waals surface area contributed by atoms with Gasteiger partial charge in [0.05, 0.1) is 13.7 Å². The second-order valence-corrected chi connectivity index (χ2v) is 8.11. The summed E-state index contributed by atoms with van der Waals surface area (Å²) in [5.74, 6) is -0.595. The molecule has 0 heterocycles. The van der Waals surface area contributed by atoms with E-state index < -0.39 is 21.2 Å². The highest BCUT2D eigenvalue weighted by atomic mass is 31.2. The van der Waals surface area contributed by atoms with Crippen LogP contribution in [0.15, 0.2) is 0 Å². The van der Waals surface area contributed by atoms with Crippen LogP contribution in [0.3, 0.4) is 0 Å². The fourth-order valence-corrected chi connectivity index (χ4v) is 3.56. The van der Waals surface area contributed by atoms with Gasteiger partial charge in [-0.15, -0.1) is 0 Å². The maximum Gasteiger partial charge on any atom is 0.344 e. The van der Waals surface area contributed by atoms with Crippen molar-refractivity contribution in [2.75, 3.05) is 54.7 Å². The highest BCUT2D eigenvalue weighted by Gasteiger charge is 2.32. The van der Waals surface area contributed by atoms with Crippen LogP contribution in [0, 0.1) is 0 Å². The van der Waals surface area contributed by atoms with Gasteiger partial charge in [-0.05, 0) is 0 Å². The first kappa shape index (κ1) is 19.7. The Labute approximate surface area is 118 Å². The Kier molecular flexibility index (Phi) is 8.77. The number of carbonyl (C=O) groups is 1. The van der Waals surface area contributed by atoms with Crippen molar-refractivity contribution in [3.05, 3.63) is 0 Å². The van der Waals surface area contributed by atoms with Crippen LogP contribution in [0.2, 0.25) is 0 Å². The number of hydrogen-bond donors (Lipinski definition) is 0. The van der Waals surface area contributed by atoms with E-state index >= 15 is 0 Å². The van der Waals surface area contributed by atoms with Crippen molar-refractivity contribution in [1.82, 2.24) is 4.90 Å². The third-order valence-corrected chi connectivity index (χ3v) is 6.16. The van der Waals surface area contributed by atoms with Crippen molar-refractivity contribution in [2.45, 2.75) is 0 Å². The Morgan fingerprint density at radius 1 is 0.850 bits per heavy atom. The average Bonchev–Trinajstić information content (AvgIpc) is 2.46. The van der Waals surface area contributed by atoms with Crippen LogP contribution >= 0.6 is 15.2 Å². The normalized spacial score (nSPS) is 12.7. The highest BCUT2D eigenvalue weighted by Crippen LogP contribution is 2.51. The van der Waals surface area contributed by atoms with Gasteiger partial charge in [0.1, 0.15) is 12.6 Å². The predicted octanol–water partition coefficient (Wildman–Crippen LogP) is 1.35. The molecule has 0 amide bonds. The van der Waals surface area contributed by atoms with Gasteiger partial charge in [-0.3, -0.25) is 18.8 Å². The molecule has 0 aromatic rings. The minimum Gasteiger partial charge on any atom is -0.468 e. The number of rotatable bonds is 10. The monoisotopic (exact) mass is 333 g/mol. The fraction of sp³-hybridized carbons (Fsp3) is 0.889. The molecule has 0 aliphatic heterocycles. The first-order valence-electron chi connectivity index (χ1n) is 5.48. The van der Waals surface area contributed by atoms with Crippen molar-refractivity contribution < 1.29 is 36.8 Å². The number of carbonyl (C=O) groups excluding carboxylic acids is 1. The number of nitrogens with zero attached hydrogens (tertiary/aromatic N) is 1. The van der Waals surface area contributed by atoms with Crippen LogP contribution in [0.5, 0.6) is 0 Å². The smallest absolute Gasteiger partial charge is 0.344 e. The molecular weight excluding hydrogens is 312 g/mol. The molecule has 0 spiro atoms. The molecule has 0 rings (SSSR count). The third-order valence-electron chi connectivity index (χ3n) is 2.44. The molecule has 120 valence electrons. The van der Waals surface area contributed by atoms with Gasteiger partial charge in [-0.2, -0.15) is 0 Å². The predicted molar refractivity (Wildman–Crippen MR) is 71.7 cm³/mol. The largest absolute Gasteiger partial charge is 0.468 e. The van der Waals surface area contributed by atoms with Crippen LogP contribution in [0.25, 0.3) is 0 Å². The second kappa shape index (κ2) is 8.89. The van der Waals surface area contributed by atoms with Gasteiger partial charge < -0.3 is 22.8 Å². The Morgan fingerprint density at radius 2 is 1.20 bits per heavy atom. The van der Waals surface area contributed by atoms with E-state index in [-0.39, 0.29) is 19.1 Å². The zero-order valence-electron chi connectivity index (χ0n) is 12.2. The zero-order valence-corrected chi connectivity index (χ0v) is 14.0. The first-order chi connectivity index (χ1) is 9.28. The van der Waals surface area contributed by atoms with E-state index in [0.29, 0.717) is 0 Å². The maximum atomic E-state index is 12.1. The molecular formula is C9H21NO8P2. The van der Waals surface area contributed by atoms with Gasteiger partial charge in [0.2, 0.25) is 0 Å². The molecule has 0 saturated carbocycles. The summed E-state index contributed by atoms with van der Waals surface area (Å²) in [6, 6.07) is 0. The summed E-state index contributed by atoms with van der Waals surface area (Å²) in [7, 11) is -0.782. The van der Waals surface area contributed by atoms with Crippen LogP contribution in [-0.4, -0.2) is 65.5 Å². The summed E-state index contributed by atoms with van der Waals surface area (Å²) < 4.78 is 47.8. The van der Waals surface area contributed by atoms with Crippen LogP contribution in [0.4, 0.5) is 0 Å². The van der Waals surface area contributed by atoms with E-state index in [2.05, 4.69) is 4.74 Å². The molecule has 0 unspecified atom stereocenters. The van der Waals surface area contributed by atoms with Crippen LogP contribution < -0.4 is 0 Å². The van der Waals surface area contributed by atoms with Gasteiger partial charge in [0, 0.05) is 28.4 Å². The number of methoxy groups -OCH3 is 1. The van der Waals surface area contributed by atoms with E-state index in [9.17, 15) is 13.9 Å². The molecule has 0 aromatic carbocycles. The Balaban J connectivity index is 5.04. The minimum absolute atomic E-state index is 0.258. The lowest BCUT2D eigenvalue weighted by Crippen LogP contribution is -2.33. The molecule has 0 aliphatic rings. The van der Waals surface area contributed by atoms with Gasteiger partial charge in [0.25, 0.3) is 0 Å². The van der Waals surface area contributed by atoms with Crippen molar-refractivity contribution in [1.29, 1.82) is 0 Å². The van der Waals surface area contributed by atoms with E-state index in [4.69, 9.17) is 18.1 Å². The molecule has 0 N–H and O–H groups in total. The molecule has 0 fully saturated rings.